The SMILES string of the molecule is Cc1ccc([N+](=O)[O-])cc1S(=O)(=O)Oc1ccc(C(=O)OCCCC#N)cc1. The van der Waals surface area contributed by atoms with Crippen LogP contribution in [0.25, 0.3) is 0 Å². The van der Waals surface area contributed by atoms with Gasteiger partial charge in [0, 0.05) is 18.6 Å². The predicted molar refractivity (Wildman–Crippen MR) is 97.2 cm³/mol. The Kier molecular flexibility index (Phi) is 6.68. The second-order valence-corrected chi connectivity index (χ2v) is 7.18. The summed E-state index contributed by atoms with van der Waals surface area (Å²) in [5.41, 5.74) is 0.110. The normalized spacial score (nSPS) is 10.7. The monoisotopic (exact) mass is 404 g/mol. The molecule has 0 saturated carbocycles. The number of carbonyl (C=O) groups excluding carboxylic acids is 1. The molecule has 10 heteroatoms. The lowest BCUT2D eigenvalue weighted by Crippen LogP contribution is -2.12. The zero-order valence-corrected chi connectivity index (χ0v) is 15.6. The number of ether oxygens (including phenoxy) is 1. The quantitative estimate of drug-likeness (QED) is 0.215. The standard InChI is InChI=1S/C18H16N2O7S/c1-13-4-7-15(20(22)23)12-17(13)28(24,25)27-16-8-5-14(6-9-16)18(21)26-11-3-2-10-19/h4-9,12H,2-3,11H2,1H3. The summed E-state index contributed by atoms with van der Waals surface area (Å²) in [6.45, 7) is 1.59. The Morgan fingerprint density at radius 1 is 1.21 bits per heavy atom. The van der Waals surface area contributed by atoms with Gasteiger partial charge < -0.3 is 8.92 Å². The molecule has 0 aromatic heterocycles. The average Bonchev–Trinajstić information content (AvgIpc) is 2.65. The summed E-state index contributed by atoms with van der Waals surface area (Å²) in [7, 11) is -4.30. The van der Waals surface area contributed by atoms with Crippen LogP contribution in [0.4, 0.5) is 5.69 Å². The topological polar surface area (TPSA) is 137 Å². The minimum Gasteiger partial charge on any atom is -0.462 e. The first kappa shape index (κ1) is 20.9. The van der Waals surface area contributed by atoms with E-state index in [1.165, 1.54) is 43.3 Å². The highest BCUT2D eigenvalue weighted by Crippen LogP contribution is 2.25. The maximum Gasteiger partial charge on any atom is 0.339 e. The number of unbranched alkanes of at least 4 members (excludes halogenated alkanes) is 1. The summed E-state index contributed by atoms with van der Waals surface area (Å²) in [6, 6.07) is 10.6. The van der Waals surface area contributed by atoms with Gasteiger partial charge in [-0.25, -0.2) is 4.79 Å². The molecule has 2 rings (SSSR count). The second kappa shape index (κ2) is 8.96. The summed E-state index contributed by atoms with van der Waals surface area (Å²) in [5, 5.41) is 19.3. The first-order chi connectivity index (χ1) is 13.2. The molecule has 0 heterocycles. The molecule has 0 spiro atoms. The van der Waals surface area contributed by atoms with Crippen molar-refractivity contribution in [2.24, 2.45) is 0 Å². The molecule has 0 saturated heterocycles. The van der Waals surface area contributed by atoms with Crippen molar-refractivity contribution in [3.05, 3.63) is 63.7 Å². The van der Waals surface area contributed by atoms with Crippen molar-refractivity contribution in [2.45, 2.75) is 24.7 Å². The molecule has 0 amide bonds. The number of rotatable bonds is 8. The highest BCUT2D eigenvalue weighted by Gasteiger charge is 2.23. The minimum atomic E-state index is -4.30. The Labute approximate surface area is 161 Å². The number of hydrogen-bond donors (Lipinski definition) is 0. The van der Waals surface area contributed by atoms with Gasteiger partial charge >= 0.3 is 16.1 Å². The zero-order chi connectivity index (χ0) is 20.7. The molecule has 2 aromatic rings. The molecule has 9 nitrogen and oxygen atoms in total. The van der Waals surface area contributed by atoms with Crippen LogP contribution in [0.3, 0.4) is 0 Å². The first-order valence-electron chi connectivity index (χ1n) is 8.08. The van der Waals surface area contributed by atoms with Crippen LogP contribution >= 0.6 is 0 Å². The number of non-ortho nitro benzene ring substituents is 1. The second-order valence-electron chi connectivity index (χ2n) is 5.67. The molecule has 0 fully saturated rings. The Hall–Kier alpha value is -3.45. The molecule has 146 valence electrons. The third-order valence-electron chi connectivity index (χ3n) is 3.61. The van der Waals surface area contributed by atoms with E-state index in [0.717, 1.165) is 6.07 Å². The Morgan fingerprint density at radius 3 is 2.50 bits per heavy atom. The van der Waals surface area contributed by atoms with Gasteiger partial charge in [-0.3, -0.25) is 10.1 Å². The van der Waals surface area contributed by atoms with Crippen molar-refractivity contribution in [2.75, 3.05) is 6.61 Å². The molecule has 0 radical (unpaired) electrons. The smallest absolute Gasteiger partial charge is 0.339 e. The van der Waals surface area contributed by atoms with Gasteiger partial charge in [-0.15, -0.1) is 0 Å². The predicted octanol–water partition coefficient (Wildman–Crippen LogP) is 3.13. The lowest BCUT2D eigenvalue weighted by Gasteiger charge is -2.10. The van der Waals surface area contributed by atoms with E-state index in [-0.39, 0.29) is 34.9 Å². The number of nitriles is 1. The molecule has 28 heavy (non-hydrogen) atoms. The molecule has 0 N–H and O–H groups in total. The van der Waals surface area contributed by atoms with Crippen LogP contribution in [0.2, 0.25) is 0 Å². The van der Waals surface area contributed by atoms with Crippen molar-refractivity contribution in [3.8, 4) is 11.8 Å². The van der Waals surface area contributed by atoms with Crippen LogP contribution in [0, 0.1) is 28.4 Å². The van der Waals surface area contributed by atoms with E-state index < -0.39 is 21.0 Å². The maximum absolute atomic E-state index is 12.5. The number of esters is 1. The number of hydrogen-bond acceptors (Lipinski definition) is 8. The van der Waals surface area contributed by atoms with Crippen LogP contribution in [0.5, 0.6) is 5.75 Å². The van der Waals surface area contributed by atoms with Gasteiger partial charge in [-0.2, -0.15) is 13.7 Å². The summed E-state index contributed by atoms with van der Waals surface area (Å²) in [6.07, 6.45) is 0.694. The van der Waals surface area contributed by atoms with Crippen LogP contribution in [0.1, 0.15) is 28.8 Å². The Morgan fingerprint density at radius 2 is 1.89 bits per heavy atom. The Bertz CT molecular complexity index is 1020. The highest BCUT2D eigenvalue weighted by atomic mass is 32.2. The van der Waals surface area contributed by atoms with Gasteiger partial charge in [-0.05, 0) is 43.2 Å². The van der Waals surface area contributed by atoms with Gasteiger partial charge in [0.1, 0.15) is 10.6 Å². The fraction of sp³-hybridized carbons (Fsp3) is 0.222. The molecule has 0 atom stereocenters. The molecule has 2 aromatic carbocycles. The molecular weight excluding hydrogens is 388 g/mol. The molecule has 0 unspecified atom stereocenters. The van der Waals surface area contributed by atoms with E-state index >= 15 is 0 Å². The van der Waals surface area contributed by atoms with Crippen LogP contribution in [-0.2, 0) is 14.9 Å². The Balaban J connectivity index is 2.13. The summed E-state index contributed by atoms with van der Waals surface area (Å²) in [4.78, 5) is 21.7. The maximum atomic E-state index is 12.5. The largest absolute Gasteiger partial charge is 0.462 e. The molecule has 0 aliphatic heterocycles. The number of nitro benzene ring substituents is 1. The number of nitrogens with zero attached hydrogens (tertiary/aromatic N) is 2. The highest BCUT2D eigenvalue weighted by molar-refractivity contribution is 7.87. The van der Waals surface area contributed by atoms with Gasteiger partial charge in [0.2, 0.25) is 0 Å². The van der Waals surface area contributed by atoms with Crippen molar-refractivity contribution >= 4 is 21.8 Å². The lowest BCUT2D eigenvalue weighted by molar-refractivity contribution is -0.385. The third kappa shape index (κ3) is 5.28. The van der Waals surface area contributed by atoms with E-state index in [1.807, 2.05) is 6.07 Å². The summed E-state index contributed by atoms with van der Waals surface area (Å²) >= 11 is 0. The number of aryl methyl sites for hydroxylation is 1. The van der Waals surface area contributed by atoms with E-state index in [0.29, 0.717) is 12.0 Å². The third-order valence-corrected chi connectivity index (χ3v) is 5.00. The molecule has 0 aliphatic rings. The van der Waals surface area contributed by atoms with Crippen molar-refractivity contribution in [3.63, 3.8) is 0 Å². The van der Waals surface area contributed by atoms with Gasteiger partial charge in [0.25, 0.3) is 5.69 Å². The van der Waals surface area contributed by atoms with E-state index in [4.69, 9.17) is 14.2 Å². The average molecular weight is 404 g/mol. The van der Waals surface area contributed by atoms with Gasteiger partial charge in [-0.1, -0.05) is 6.07 Å². The van der Waals surface area contributed by atoms with Crippen LogP contribution < -0.4 is 4.18 Å². The minimum absolute atomic E-state index is 0.0630. The van der Waals surface area contributed by atoms with Crippen molar-refractivity contribution in [1.82, 2.24) is 0 Å². The van der Waals surface area contributed by atoms with Crippen molar-refractivity contribution < 1.29 is 27.1 Å². The zero-order valence-electron chi connectivity index (χ0n) is 14.8. The lowest BCUT2D eigenvalue weighted by atomic mass is 10.2. The molecule has 0 aliphatic carbocycles. The summed E-state index contributed by atoms with van der Waals surface area (Å²) < 4.78 is 34.9. The number of nitro groups is 1. The number of carbonyl (C=O) groups is 1. The van der Waals surface area contributed by atoms with Crippen molar-refractivity contribution in [1.29, 1.82) is 5.26 Å². The van der Waals surface area contributed by atoms with E-state index in [1.54, 1.807) is 0 Å². The fourth-order valence-electron chi connectivity index (χ4n) is 2.19. The molecule has 0 bridgehead atoms. The van der Waals surface area contributed by atoms with Crippen LogP contribution in [-0.4, -0.2) is 25.9 Å². The van der Waals surface area contributed by atoms with Gasteiger partial charge in [0.05, 0.1) is 23.2 Å². The van der Waals surface area contributed by atoms with Gasteiger partial charge in [0.15, 0.2) is 0 Å². The first-order valence-corrected chi connectivity index (χ1v) is 9.49. The summed E-state index contributed by atoms with van der Waals surface area (Å²) in [5.74, 6) is -0.672. The van der Waals surface area contributed by atoms with E-state index in [9.17, 15) is 23.3 Å². The fourth-order valence-corrected chi connectivity index (χ4v) is 3.37. The van der Waals surface area contributed by atoms with E-state index in [2.05, 4.69) is 0 Å². The van der Waals surface area contributed by atoms with Crippen LogP contribution in [0.15, 0.2) is 47.4 Å². The molecular formula is C18H16N2O7S. The number of benzene rings is 2.